The molecule has 1 aliphatic rings. The van der Waals surface area contributed by atoms with E-state index in [-0.39, 0.29) is 5.54 Å². The Hall–Kier alpha value is -1.09. The summed E-state index contributed by atoms with van der Waals surface area (Å²) in [5, 5.41) is 0. The zero-order valence-electron chi connectivity index (χ0n) is 11.4. The third kappa shape index (κ3) is 2.66. The number of Topliss-reactive ketones (excluding diaryl/α,β-unsaturated/α-hetero) is 1. The van der Waals surface area contributed by atoms with Crippen LogP contribution in [0.25, 0.3) is 0 Å². The predicted octanol–water partition coefficient (Wildman–Crippen LogP) is 3.05. The maximum atomic E-state index is 12.7. The predicted molar refractivity (Wildman–Crippen MR) is 71.5 cm³/mol. The molecule has 1 aromatic heterocycles. The van der Waals surface area contributed by atoms with Crippen molar-refractivity contribution in [3.05, 3.63) is 24.2 Å². The van der Waals surface area contributed by atoms with Gasteiger partial charge in [-0.25, -0.2) is 0 Å². The van der Waals surface area contributed by atoms with Gasteiger partial charge in [0.1, 0.15) is 5.76 Å². The Bertz CT molecular complexity index is 373. The van der Waals surface area contributed by atoms with Crippen LogP contribution in [0.3, 0.4) is 0 Å². The molecule has 0 N–H and O–H groups in total. The summed E-state index contributed by atoms with van der Waals surface area (Å²) in [4.78, 5) is 14.8. The average Bonchev–Trinajstić information content (AvgIpc) is 2.70. The molecule has 3 heteroatoms. The molecule has 1 saturated carbocycles. The van der Waals surface area contributed by atoms with Crippen LogP contribution in [0.4, 0.5) is 0 Å². The summed E-state index contributed by atoms with van der Waals surface area (Å²) in [5.41, 5.74) is -0.275. The van der Waals surface area contributed by atoms with Crippen molar-refractivity contribution >= 4 is 5.78 Å². The van der Waals surface area contributed by atoms with Gasteiger partial charge in [-0.15, -0.1) is 0 Å². The minimum atomic E-state index is -0.275. The van der Waals surface area contributed by atoms with Gasteiger partial charge in [0.2, 0.25) is 0 Å². The molecule has 0 bridgehead atoms. The first-order chi connectivity index (χ1) is 8.65. The van der Waals surface area contributed by atoms with Crippen molar-refractivity contribution < 1.29 is 9.21 Å². The third-order valence-electron chi connectivity index (χ3n) is 4.22. The van der Waals surface area contributed by atoms with E-state index in [9.17, 15) is 4.79 Å². The van der Waals surface area contributed by atoms with Gasteiger partial charge in [-0.3, -0.25) is 9.69 Å². The highest BCUT2D eigenvalue weighted by atomic mass is 16.3. The van der Waals surface area contributed by atoms with Gasteiger partial charge in [-0.05, 0) is 39.1 Å². The monoisotopic (exact) mass is 249 g/mol. The van der Waals surface area contributed by atoms with E-state index in [2.05, 4.69) is 4.90 Å². The number of nitrogens with zero attached hydrogens (tertiary/aromatic N) is 1. The molecule has 0 radical (unpaired) electrons. The van der Waals surface area contributed by atoms with Crippen molar-refractivity contribution in [1.82, 2.24) is 4.90 Å². The Morgan fingerprint density at radius 2 is 1.94 bits per heavy atom. The minimum absolute atomic E-state index is 0.275. The largest absolute Gasteiger partial charge is 0.469 e. The first-order valence-corrected chi connectivity index (χ1v) is 6.88. The zero-order chi connectivity index (χ0) is 13.0. The fourth-order valence-electron chi connectivity index (χ4n) is 3.02. The lowest BCUT2D eigenvalue weighted by Crippen LogP contribution is -2.51. The van der Waals surface area contributed by atoms with Crippen LogP contribution in [0.1, 0.15) is 44.3 Å². The molecule has 100 valence electrons. The highest BCUT2D eigenvalue weighted by Gasteiger charge is 2.40. The molecule has 0 saturated heterocycles. The van der Waals surface area contributed by atoms with Crippen LogP contribution in [0.2, 0.25) is 0 Å². The van der Waals surface area contributed by atoms with Crippen molar-refractivity contribution in [3.63, 3.8) is 0 Å². The average molecular weight is 249 g/mol. The Labute approximate surface area is 109 Å². The van der Waals surface area contributed by atoms with Crippen LogP contribution in [-0.4, -0.2) is 30.3 Å². The fourth-order valence-corrected chi connectivity index (χ4v) is 3.02. The summed E-state index contributed by atoms with van der Waals surface area (Å²) in [5.74, 6) is 1.09. The van der Waals surface area contributed by atoms with Gasteiger partial charge >= 0.3 is 0 Å². The first-order valence-electron chi connectivity index (χ1n) is 6.88. The van der Waals surface area contributed by atoms with Crippen LogP contribution < -0.4 is 0 Å². The summed E-state index contributed by atoms with van der Waals surface area (Å²) in [6.07, 6.45) is 8.85. The normalized spacial score (nSPS) is 19.7. The first kappa shape index (κ1) is 13.3. The standard InChI is InChI=1S/C15H23NO2/c1-16(2)15(9-5-3-4-6-10-15)14(17)12-13-8-7-11-18-13/h7-8,11H,3-6,9-10,12H2,1-2H3. The van der Waals surface area contributed by atoms with Gasteiger partial charge in [-0.2, -0.15) is 0 Å². The second-order valence-corrected chi connectivity index (χ2v) is 5.52. The molecule has 0 spiro atoms. The Morgan fingerprint density at radius 1 is 1.28 bits per heavy atom. The van der Waals surface area contributed by atoms with Gasteiger partial charge in [-0.1, -0.05) is 25.7 Å². The molecular weight excluding hydrogens is 226 g/mol. The molecule has 3 nitrogen and oxygen atoms in total. The number of hydrogen-bond donors (Lipinski definition) is 0. The summed E-state index contributed by atoms with van der Waals surface area (Å²) in [7, 11) is 4.07. The van der Waals surface area contributed by atoms with E-state index in [4.69, 9.17) is 4.42 Å². The SMILES string of the molecule is CN(C)C1(C(=O)Cc2ccco2)CCCCCC1. The molecule has 0 atom stereocenters. The Morgan fingerprint density at radius 3 is 2.44 bits per heavy atom. The quantitative estimate of drug-likeness (QED) is 0.769. The van der Waals surface area contributed by atoms with Crippen LogP contribution in [-0.2, 0) is 11.2 Å². The summed E-state index contributed by atoms with van der Waals surface area (Å²) >= 11 is 0. The lowest BCUT2D eigenvalue weighted by atomic mass is 9.82. The molecule has 2 rings (SSSR count). The molecule has 1 heterocycles. The molecule has 0 aliphatic heterocycles. The summed E-state index contributed by atoms with van der Waals surface area (Å²) in [6.45, 7) is 0. The molecule has 18 heavy (non-hydrogen) atoms. The lowest BCUT2D eigenvalue weighted by Gasteiger charge is -2.37. The number of rotatable bonds is 4. The highest BCUT2D eigenvalue weighted by molar-refractivity contribution is 5.89. The molecule has 1 fully saturated rings. The van der Waals surface area contributed by atoms with E-state index in [1.807, 2.05) is 26.2 Å². The second kappa shape index (κ2) is 5.70. The fraction of sp³-hybridized carbons (Fsp3) is 0.667. The van der Waals surface area contributed by atoms with Gasteiger partial charge in [0.15, 0.2) is 5.78 Å². The van der Waals surface area contributed by atoms with Crippen molar-refractivity contribution in [2.75, 3.05) is 14.1 Å². The Kier molecular flexibility index (Phi) is 4.23. The number of likely N-dealkylation sites (N-methyl/N-ethyl adjacent to an activating group) is 1. The molecule has 0 aromatic carbocycles. The second-order valence-electron chi connectivity index (χ2n) is 5.52. The van der Waals surface area contributed by atoms with E-state index in [1.165, 1.54) is 12.8 Å². The van der Waals surface area contributed by atoms with Crippen LogP contribution in [0, 0.1) is 0 Å². The van der Waals surface area contributed by atoms with Gasteiger partial charge in [0, 0.05) is 0 Å². The number of furan rings is 1. The smallest absolute Gasteiger partial charge is 0.160 e. The highest BCUT2D eigenvalue weighted by Crippen LogP contribution is 2.32. The summed E-state index contributed by atoms with van der Waals surface area (Å²) < 4.78 is 5.31. The van der Waals surface area contributed by atoms with Crippen molar-refractivity contribution in [2.24, 2.45) is 0 Å². The number of hydrogen-bond acceptors (Lipinski definition) is 3. The maximum absolute atomic E-state index is 12.7. The number of carbonyl (C=O) groups excluding carboxylic acids is 1. The number of carbonyl (C=O) groups is 1. The van der Waals surface area contributed by atoms with Gasteiger partial charge in [0.05, 0.1) is 18.2 Å². The molecule has 0 unspecified atom stereocenters. The van der Waals surface area contributed by atoms with Gasteiger partial charge < -0.3 is 4.42 Å². The topological polar surface area (TPSA) is 33.5 Å². The molecule has 1 aromatic rings. The summed E-state index contributed by atoms with van der Waals surface area (Å²) in [6, 6.07) is 3.73. The lowest BCUT2D eigenvalue weighted by molar-refractivity contribution is -0.130. The molecule has 1 aliphatic carbocycles. The minimum Gasteiger partial charge on any atom is -0.469 e. The van der Waals surface area contributed by atoms with E-state index in [1.54, 1.807) is 6.26 Å². The van der Waals surface area contributed by atoms with E-state index in [0.717, 1.165) is 31.4 Å². The van der Waals surface area contributed by atoms with Crippen LogP contribution in [0.15, 0.2) is 22.8 Å². The van der Waals surface area contributed by atoms with Crippen molar-refractivity contribution in [2.45, 2.75) is 50.5 Å². The van der Waals surface area contributed by atoms with E-state index in [0.29, 0.717) is 12.2 Å². The third-order valence-corrected chi connectivity index (χ3v) is 4.22. The molecule has 0 amide bonds. The zero-order valence-corrected chi connectivity index (χ0v) is 11.4. The van der Waals surface area contributed by atoms with E-state index >= 15 is 0 Å². The molecular formula is C15H23NO2. The Balaban J connectivity index is 2.15. The maximum Gasteiger partial charge on any atom is 0.160 e. The van der Waals surface area contributed by atoms with Gasteiger partial charge in [0.25, 0.3) is 0 Å². The van der Waals surface area contributed by atoms with Crippen molar-refractivity contribution in [3.8, 4) is 0 Å². The van der Waals surface area contributed by atoms with Crippen molar-refractivity contribution in [1.29, 1.82) is 0 Å². The van der Waals surface area contributed by atoms with E-state index < -0.39 is 0 Å². The van der Waals surface area contributed by atoms with Crippen LogP contribution in [0.5, 0.6) is 0 Å². The number of ketones is 1. The van der Waals surface area contributed by atoms with Crippen LogP contribution >= 0.6 is 0 Å².